The Bertz CT molecular complexity index is 830. The van der Waals surface area contributed by atoms with Gasteiger partial charge < -0.3 is 4.90 Å². The average molecular weight is 381 g/mol. The summed E-state index contributed by atoms with van der Waals surface area (Å²) in [5.74, 6) is 0. The molecule has 2 heterocycles. The summed E-state index contributed by atoms with van der Waals surface area (Å²) in [6.45, 7) is 10.5. The first-order valence-electron chi connectivity index (χ1n) is 8.34. The fourth-order valence-electron chi connectivity index (χ4n) is 2.63. The second kappa shape index (κ2) is 6.66. The lowest BCUT2D eigenvalue weighted by Crippen LogP contribution is -2.48. The minimum Gasteiger partial charge on any atom is -0.344 e. The third kappa shape index (κ3) is 3.86. The molecule has 0 aliphatic carbocycles. The number of hydrogen-bond acceptors (Lipinski definition) is 6. The van der Waals surface area contributed by atoms with Gasteiger partial charge in [0.25, 0.3) is 0 Å². The van der Waals surface area contributed by atoms with Crippen LogP contribution in [0.2, 0.25) is 0 Å². The van der Waals surface area contributed by atoms with Crippen molar-refractivity contribution in [1.82, 2.24) is 14.5 Å². The van der Waals surface area contributed by atoms with E-state index in [0.717, 1.165) is 15.7 Å². The molecule has 6 nitrogen and oxygen atoms in total. The second-order valence-corrected chi connectivity index (χ2v) is 10.2. The van der Waals surface area contributed by atoms with Gasteiger partial charge >= 0.3 is 0 Å². The maximum atomic E-state index is 12.8. The molecule has 2 aromatic rings. The van der Waals surface area contributed by atoms with Gasteiger partial charge in [0.2, 0.25) is 15.2 Å². The summed E-state index contributed by atoms with van der Waals surface area (Å²) in [7, 11) is -3.43. The van der Waals surface area contributed by atoms with E-state index in [4.69, 9.17) is 0 Å². The highest BCUT2D eigenvalue weighted by Crippen LogP contribution is 2.30. The van der Waals surface area contributed by atoms with Crippen molar-refractivity contribution in [2.75, 3.05) is 31.1 Å². The zero-order valence-electron chi connectivity index (χ0n) is 15.1. The van der Waals surface area contributed by atoms with Gasteiger partial charge in [-0.3, -0.25) is 0 Å². The molecular weight excluding hydrogens is 356 g/mol. The van der Waals surface area contributed by atoms with Crippen LogP contribution in [0.3, 0.4) is 0 Å². The predicted octanol–water partition coefficient (Wildman–Crippen LogP) is 2.65. The summed E-state index contributed by atoms with van der Waals surface area (Å²) < 4.78 is 27.1. The van der Waals surface area contributed by atoms with Crippen molar-refractivity contribution in [2.45, 2.75) is 38.0 Å². The largest absolute Gasteiger partial charge is 0.344 e. The van der Waals surface area contributed by atoms with Gasteiger partial charge in [0.15, 0.2) is 0 Å². The van der Waals surface area contributed by atoms with Gasteiger partial charge in [0.1, 0.15) is 5.01 Å². The quantitative estimate of drug-likeness (QED) is 0.819. The number of rotatable bonds is 3. The lowest BCUT2D eigenvalue weighted by atomic mass is 9.98. The summed E-state index contributed by atoms with van der Waals surface area (Å²) >= 11 is 1.59. The highest BCUT2D eigenvalue weighted by atomic mass is 32.2. The summed E-state index contributed by atoms with van der Waals surface area (Å²) in [4.78, 5) is 2.48. The Labute approximate surface area is 153 Å². The Morgan fingerprint density at radius 1 is 1.00 bits per heavy atom. The number of anilines is 1. The highest BCUT2D eigenvalue weighted by Gasteiger charge is 2.30. The standard InChI is InChI=1S/C17H24N4O2S2/c1-13-5-7-14(8-6-13)25(22,23)21-11-9-20(10-12-21)16-19-18-15(24-16)17(2,3)4/h5-8H,9-12H2,1-4H3. The van der Waals surface area contributed by atoms with Gasteiger partial charge in [0.05, 0.1) is 4.90 Å². The molecular formula is C17H24N4O2S2. The molecule has 1 aliphatic rings. The van der Waals surface area contributed by atoms with Crippen LogP contribution in [0.4, 0.5) is 5.13 Å². The SMILES string of the molecule is Cc1ccc(S(=O)(=O)N2CCN(c3nnc(C(C)(C)C)s3)CC2)cc1. The molecule has 0 amide bonds. The Morgan fingerprint density at radius 3 is 2.12 bits per heavy atom. The predicted molar refractivity (Wildman–Crippen MR) is 101 cm³/mol. The van der Waals surface area contributed by atoms with Crippen LogP contribution in [0.1, 0.15) is 31.3 Å². The van der Waals surface area contributed by atoms with Crippen LogP contribution in [-0.2, 0) is 15.4 Å². The molecule has 136 valence electrons. The van der Waals surface area contributed by atoms with Gasteiger partial charge in [-0.2, -0.15) is 4.31 Å². The van der Waals surface area contributed by atoms with E-state index in [1.165, 1.54) is 0 Å². The van der Waals surface area contributed by atoms with Crippen LogP contribution in [0.5, 0.6) is 0 Å². The molecule has 0 spiro atoms. The summed E-state index contributed by atoms with van der Waals surface area (Å²) in [5.41, 5.74) is 1.03. The van der Waals surface area contributed by atoms with E-state index in [2.05, 4.69) is 35.9 Å². The highest BCUT2D eigenvalue weighted by molar-refractivity contribution is 7.89. The van der Waals surface area contributed by atoms with Crippen molar-refractivity contribution < 1.29 is 8.42 Å². The van der Waals surface area contributed by atoms with Crippen LogP contribution in [-0.4, -0.2) is 49.1 Å². The molecule has 1 aromatic carbocycles. The average Bonchev–Trinajstić information content (AvgIpc) is 3.06. The molecule has 0 bridgehead atoms. The van der Waals surface area contributed by atoms with Crippen molar-refractivity contribution in [2.24, 2.45) is 0 Å². The fourth-order valence-corrected chi connectivity index (χ4v) is 5.00. The van der Waals surface area contributed by atoms with E-state index in [0.29, 0.717) is 31.1 Å². The van der Waals surface area contributed by atoms with Crippen LogP contribution in [0.15, 0.2) is 29.2 Å². The van der Waals surface area contributed by atoms with E-state index < -0.39 is 10.0 Å². The Morgan fingerprint density at radius 2 is 1.60 bits per heavy atom. The molecule has 1 saturated heterocycles. The van der Waals surface area contributed by atoms with Gasteiger partial charge in [-0.25, -0.2) is 8.42 Å². The Balaban J connectivity index is 1.69. The molecule has 1 fully saturated rings. The number of hydrogen-bond donors (Lipinski definition) is 0. The molecule has 1 aromatic heterocycles. The van der Waals surface area contributed by atoms with Crippen molar-refractivity contribution >= 4 is 26.5 Å². The summed E-state index contributed by atoms with van der Waals surface area (Å²) in [5, 5.41) is 10.4. The van der Waals surface area contributed by atoms with Gasteiger partial charge in [-0.05, 0) is 19.1 Å². The number of nitrogens with zero attached hydrogens (tertiary/aromatic N) is 4. The van der Waals surface area contributed by atoms with Gasteiger partial charge in [-0.1, -0.05) is 49.8 Å². The first kappa shape index (κ1) is 18.3. The maximum absolute atomic E-state index is 12.8. The normalized spacial score (nSPS) is 17.0. The minimum absolute atomic E-state index is 0.0213. The van der Waals surface area contributed by atoms with Crippen molar-refractivity contribution in [3.63, 3.8) is 0 Å². The number of aryl methyl sites for hydroxylation is 1. The lowest BCUT2D eigenvalue weighted by molar-refractivity contribution is 0.384. The second-order valence-electron chi connectivity index (χ2n) is 7.34. The van der Waals surface area contributed by atoms with Crippen LogP contribution in [0.25, 0.3) is 0 Å². The molecule has 0 atom stereocenters. The third-order valence-electron chi connectivity index (χ3n) is 4.22. The zero-order valence-corrected chi connectivity index (χ0v) is 16.7. The molecule has 0 N–H and O–H groups in total. The summed E-state index contributed by atoms with van der Waals surface area (Å²) in [6.07, 6.45) is 0. The Kier molecular flexibility index (Phi) is 4.87. The molecule has 1 aliphatic heterocycles. The van der Waals surface area contributed by atoms with Crippen molar-refractivity contribution in [3.8, 4) is 0 Å². The molecule has 0 radical (unpaired) electrons. The smallest absolute Gasteiger partial charge is 0.243 e. The first-order chi connectivity index (χ1) is 11.7. The first-order valence-corrected chi connectivity index (χ1v) is 10.6. The van der Waals surface area contributed by atoms with E-state index in [-0.39, 0.29) is 5.41 Å². The lowest BCUT2D eigenvalue weighted by Gasteiger charge is -2.33. The third-order valence-corrected chi connectivity index (χ3v) is 7.55. The zero-order chi connectivity index (χ0) is 18.2. The number of sulfonamides is 1. The fraction of sp³-hybridized carbons (Fsp3) is 0.529. The van der Waals surface area contributed by atoms with Crippen LogP contribution in [0, 0.1) is 6.92 Å². The van der Waals surface area contributed by atoms with E-state index in [1.807, 2.05) is 19.1 Å². The number of piperazine rings is 1. The topological polar surface area (TPSA) is 66.4 Å². The number of aromatic nitrogens is 2. The molecule has 25 heavy (non-hydrogen) atoms. The minimum atomic E-state index is -3.43. The summed E-state index contributed by atoms with van der Waals surface area (Å²) in [6, 6.07) is 7.02. The molecule has 0 saturated carbocycles. The number of benzene rings is 1. The molecule has 8 heteroatoms. The van der Waals surface area contributed by atoms with Gasteiger partial charge in [-0.15, -0.1) is 10.2 Å². The molecule has 0 unspecified atom stereocenters. The molecule has 3 rings (SSSR count). The van der Waals surface area contributed by atoms with E-state index in [1.54, 1.807) is 27.8 Å². The van der Waals surface area contributed by atoms with Crippen LogP contribution >= 0.6 is 11.3 Å². The monoisotopic (exact) mass is 380 g/mol. The van der Waals surface area contributed by atoms with Crippen molar-refractivity contribution in [3.05, 3.63) is 34.8 Å². The Hall–Kier alpha value is -1.51. The van der Waals surface area contributed by atoms with Crippen molar-refractivity contribution in [1.29, 1.82) is 0 Å². The van der Waals surface area contributed by atoms with Gasteiger partial charge in [0, 0.05) is 31.6 Å². The maximum Gasteiger partial charge on any atom is 0.243 e. The van der Waals surface area contributed by atoms with E-state index >= 15 is 0 Å². The van der Waals surface area contributed by atoms with E-state index in [9.17, 15) is 8.42 Å². The van der Waals surface area contributed by atoms with Crippen LogP contribution < -0.4 is 4.90 Å².